The molecule has 0 amide bonds. The van der Waals surface area contributed by atoms with Gasteiger partial charge >= 0.3 is 0 Å². The van der Waals surface area contributed by atoms with E-state index in [0.717, 1.165) is 18.4 Å². The van der Waals surface area contributed by atoms with Crippen LogP contribution >= 0.6 is 11.6 Å². The van der Waals surface area contributed by atoms with E-state index in [9.17, 15) is 8.42 Å². The summed E-state index contributed by atoms with van der Waals surface area (Å²) in [5.41, 5.74) is 7.44. The van der Waals surface area contributed by atoms with E-state index < -0.39 is 44.1 Å². The van der Waals surface area contributed by atoms with Gasteiger partial charge in [0.05, 0.1) is 10.4 Å². The maximum absolute atomic E-state index is 12.9. The summed E-state index contributed by atoms with van der Waals surface area (Å²) in [4.78, 5) is 1.14. The molecular formula is C19H22ClN3O2S. The SMILES string of the molecule is [2H]c1c([2H])c(S(=O)(=O)/N=C2/CCCCN2CCc2ccc(N)cc2)c([2H])c([2H])c1Cl. The highest BCUT2D eigenvalue weighted by atomic mass is 35.5. The van der Waals surface area contributed by atoms with Crippen LogP contribution in [0, 0.1) is 0 Å². The lowest BCUT2D eigenvalue weighted by molar-refractivity contribution is 0.374. The maximum atomic E-state index is 12.9. The number of rotatable bonds is 5. The van der Waals surface area contributed by atoms with Crippen molar-refractivity contribution in [3.63, 3.8) is 0 Å². The molecule has 0 unspecified atom stereocenters. The quantitative estimate of drug-likeness (QED) is 0.782. The average Bonchev–Trinajstić information content (AvgIpc) is 2.71. The number of anilines is 1. The van der Waals surface area contributed by atoms with Crippen molar-refractivity contribution in [1.82, 2.24) is 4.90 Å². The highest BCUT2D eigenvalue weighted by Gasteiger charge is 2.21. The molecule has 2 N–H and O–H groups in total. The van der Waals surface area contributed by atoms with E-state index >= 15 is 0 Å². The van der Waals surface area contributed by atoms with Crippen molar-refractivity contribution in [3.05, 3.63) is 59.0 Å². The van der Waals surface area contributed by atoms with E-state index in [2.05, 4.69) is 4.40 Å². The van der Waals surface area contributed by atoms with Crippen molar-refractivity contribution in [3.8, 4) is 0 Å². The molecule has 0 spiro atoms. The van der Waals surface area contributed by atoms with Gasteiger partial charge in [-0.05, 0) is 61.1 Å². The lowest BCUT2D eigenvalue weighted by Crippen LogP contribution is -2.37. The number of amidine groups is 1. The van der Waals surface area contributed by atoms with Gasteiger partial charge in [0.15, 0.2) is 0 Å². The molecule has 1 aliphatic rings. The van der Waals surface area contributed by atoms with E-state index in [1.165, 1.54) is 0 Å². The summed E-state index contributed by atoms with van der Waals surface area (Å²) >= 11 is 5.77. The van der Waals surface area contributed by atoms with Crippen molar-refractivity contribution in [2.75, 3.05) is 18.8 Å². The molecule has 2 aromatic carbocycles. The molecule has 26 heavy (non-hydrogen) atoms. The standard InChI is InChI=1S/C19H22ClN3O2S/c20-16-6-10-18(11-7-16)26(24,25)22-19-3-1-2-13-23(19)14-12-15-4-8-17(21)9-5-15/h4-11H,1-3,12-14,21H2/b22-19-/i6D,7D,10D,11D. The normalized spacial score (nSPS) is 19.0. The molecule has 0 atom stereocenters. The first-order chi connectivity index (χ1) is 14.1. The van der Waals surface area contributed by atoms with E-state index in [-0.39, 0.29) is 0 Å². The van der Waals surface area contributed by atoms with Gasteiger partial charge in [-0.1, -0.05) is 23.7 Å². The molecule has 0 bridgehead atoms. The molecule has 3 rings (SSSR count). The number of nitrogen functional groups attached to an aromatic ring is 1. The average molecular weight is 396 g/mol. The van der Waals surface area contributed by atoms with Crippen LogP contribution in [0.15, 0.2) is 57.7 Å². The van der Waals surface area contributed by atoms with Gasteiger partial charge in [-0.3, -0.25) is 0 Å². The van der Waals surface area contributed by atoms with Gasteiger partial charge in [-0.15, -0.1) is 4.40 Å². The molecule has 138 valence electrons. The number of sulfonamides is 1. The Morgan fingerprint density at radius 2 is 1.85 bits per heavy atom. The fourth-order valence-electron chi connectivity index (χ4n) is 2.76. The lowest BCUT2D eigenvalue weighted by Gasteiger charge is -2.30. The topological polar surface area (TPSA) is 75.8 Å². The Hall–Kier alpha value is -2.05. The Bertz CT molecular complexity index is 1060. The van der Waals surface area contributed by atoms with Gasteiger partial charge in [0.1, 0.15) is 5.84 Å². The zero-order valence-electron chi connectivity index (χ0n) is 18.1. The number of benzene rings is 2. The lowest BCUT2D eigenvalue weighted by atomic mass is 10.1. The largest absolute Gasteiger partial charge is 0.399 e. The second kappa shape index (κ2) is 8.10. The molecule has 1 heterocycles. The van der Waals surface area contributed by atoms with Gasteiger partial charge in [-0.25, -0.2) is 0 Å². The summed E-state index contributed by atoms with van der Waals surface area (Å²) in [6, 6.07) is 4.85. The van der Waals surface area contributed by atoms with Crippen LogP contribution in [0.4, 0.5) is 5.69 Å². The number of hydrogen-bond acceptors (Lipinski definition) is 3. The highest BCUT2D eigenvalue weighted by molar-refractivity contribution is 7.90. The number of halogens is 1. The summed E-state index contributed by atoms with van der Waals surface area (Å²) in [5, 5.41) is -0.417. The van der Waals surface area contributed by atoms with Gasteiger partial charge in [0, 0.05) is 30.2 Å². The van der Waals surface area contributed by atoms with Crippen molar-refractivity contribution in [2.45, 2.75) is 30.6 Å². The third-order valence-electron chi connectivity index (χ3n) is 4.15. The molecule has 0 saturated carbocycles. The second-order valence-corrected chi connectivity index (χ2v) is 7.98. The molecular weight excluding hydrogens is 370 g/mol. The van der Waals surface area contributed by atoms with Crippen molar-refractivity contribution in [2.24, 2.45) is 4.40 Å². The third-order valence-corrected chi connectivity index (χ3v) is 5.51. The molecule has 1 aliphatic heterocycles. The Labute approximate surface area is 165 Å². The predicted octanol–water partition coefficient (Wildman–Crippen LogP) is 3.74. The third kappa shape index (κ3) is 4.77. The molecule has 1 fully saturated rings. The molecule has 0 aliphatic carbocycles. The van der Waals surface area contributed by atoms with Crippen molar-refractivity contribution in [1.29, 1.82) is 0 Å². The summed E-state index contributed by atoms with van der Waals surface area (Å²) in [6.45, 7) is 1.21. The first-order valence-corrected chi connectivity index (χ1v) is 10.1. The first kappa shape index (κ1) is 14.1. The van der Waals surface area contributed by atoms with Crippen LogP contribution < -0.4 is 5.73 Å². The number of nitrogens with zero attached hydrogens (tertiary/aromatic N) is 2. The molecule has 0 radical (unpaired) electrons. The number of piperidine rings is 1. The first-order valence-electron chi connectivity index (χ1n) is 10.3. The van der Waals surface area contributed by atoms with Crippen LogP contribution in [0.3, 0.4) is 0 Å². The van der Waals surface area contributed by atoms with Gasteiger partial charge in [0.25, 0.3) is 10.0 Å². The molecule has 1 saturated heterocycles. The van der Waals surface area contributed by atoms with E-state index in [1.807, 2.05) is 29.2 Å². The number of hydrogen-bond donors (Lipinski definition) is 1. The van der Waals surface area contributed by atoms with Gasteiger partial charge < -0.3 is 10.6 Å². The van der Waals surface area contributed by atoms with Crippen LogP contribution in [0.25, 0.3) is 0 Å². The minimum absolute atomic E-state index is 0.364. The highest BCUT2D eigenvalue weighted by Crippen LogP contribution is 2.20. The van der Waals surface area contributed by atoms with Crippen LogP contribution in [-0.2, 0) is 16.4 Å². The van der Waals surface area contributed by atoms with Crippen LogP contribution in [-0.4, -0.2) is 32.2 Å². The smallest absolute Gasteiger partial charge is 0.283 e. The van der Waals surface area contributed by atoms with Crippen LogP contribution in [0.2, 0.25) is 5.02 Å². The molecule has 7 heteroatoms. The van der Waals surface area contributed by atoms with Crippen molar-refractivity contribution >= 4 is 33.1 Å². The summed E-state index contributed by atoms with van der Waals surface area (Å²) < 4.78 is 61.3. The summed E-state index contributed by atoms with van der Waals surface area (Å²) in [5.74, 6) is 0.364. The number of likely N-dealkylation sites (tertiary alicyclic amines) is 1. The minimum atomic E-state index is -4.45. The fourth-order valence-corrected chi connectivity index (χ4v) is 3.79. The Kier molecular flexibility index (Phi) is 4.38. The van der Waals surface area contributed by atoms with E-state index in [4.69, 9.17) is 22.8 Å². The Morgan fingerprint density at radius 3 is 2.54 bits per heavy atom. The van der Waals surface area contributed by atoms with E-state index in [0.29, 0.717) is 37.5 Å². The Balaban J connectivity index is 1.92. The zero-order valence-corrected chi connectivity index (χ0v) is 15.7. The monoisotopic (exact) mass is 395 g/mol. The molecule has 2 aromatic rings. The van der Waals surface area contributed by atoms with Crippen LogP contribution in [0.1, 0.15) is 30.3 Å². The predicted molar refractivity (Wildman–Crippen MR) is 106 cm³/mol. The Morgan fingerprint density at radius 1 is 1.15 bits per heavy atom. The van der Waals surface area contributed by atoms with E-state index in [1.54, 1.807) is 0 Å². The summed E-state index contributed by atoms with van der Waals surface area (Å²) in [7, 11) is -4.45. The summed E-state index contributed by atoms with van der Waals surface area (Å²) in [6.07, 6.45) is 2.82. The second-order valence-electron chi connectivity index (χ2n) is 6.06. The van der Waals surface area contributed by atoms with Gasteiger partial charge in [-0.2, -0.15) is 8.42 Å². The molecule has 5 nitrogen and oxygen atoms in total. The van der Waals surface area contributed by atoms with Crippen molar-refractivity contribution < 1.29 is 13.9 Å². The van der Waals surface area contributed by atoms with Crippen LogP contribution in [0.5, 0.6) is 0 Å². The fraction of sp³-hybridized carbons (Fsp3) is 0.316. The maximum Gasteiger partial charge on any atom is 0.283 e. The number of nitrogens with two attached hydrogens (primary N) is 1. The minimum Gasteiger partial charge on any atom is -0.399 e. The molecule has 0 aromatic heterocycles. The zero-order chi connectivity index (χ0) is 22.1. The van der Waals surface area contributed by atoms with Gasteiger partial charge in [0.2, 0.25) is 0 Å².